The van der Waals surface area contributed by atoms with E-state index in [0.29, 0.717) is 0 Å². The summed E-state index contributed by atoms with van der Waals surface area (Å²) in [6.07, 6.45) is 1.93. The number of carbonyl (C=O) groups is 2. The molecule has 144 valence electrons. The summed E-state index contributed by atoms with van der Waals surface area (Å²) in [5.41, 5.74) is 3.64. The Labute approximate surface area is 155 Å². The number of nitrogens with one attached hydrogen (secondary N) is 1. The van der Waals surface area contributed by atoms with E-state index in [-0.39, 0.29) is 6.42 Å². The number of carboxylic acids is 1. The molecule has 6 nitrogen and oxygen atoms in total. The van der Waals surface area contributed by atoms with Gasteiger partial charge < -0.3 is 20.1 Å². The van der Waals surface area contributed by atoms with Gasteiger partial charge in [0, 0.05) is 25.2 Å². The number of anilines is 1. The van der Waals surface area contributed by atoms with E-state index in [2.05, 4.69) is 16.3 Å². The maximum Gasteiger partial charge on any atom is 0.408 e. The van der Waals surface area contributed by atoms with Crippen molar-refractivity contribution in [1.82, 2.24) is 5.32 Å². The number of amides is 1. The molecule has 1 aliphatic heterocycles. The van der Waals surface area contributed by atoms with Crippen molar-refractivity contribution in [3.8, 4) is 0 Å². The largest absolute Gasteiger partial charge is 0.480 e. The number of carboxylic acid groups (broad SMARTS) is 1. The van der Waals surface area contributed by atoms with Crippen LogP contribution in [0.3, 0.4) is 0 Å². The molecule has 2 N–H and O–H groups in total. The third-order valence-corrected chi connectivity index (χ3v) is 4.51. The van der Waals surface area contributed by atoms with Crippen LogP contribution >= 0.6 is 0 Å². The molecule has 1 atom stereocenters. The van der Waals surface area contributed by atoms with E-state index in [1.165, 1.54) is 18.5 Å². The zero-order valence-electron chi connectivity index (χ0n) is 16.4. The van der Waals surface area contributed by atoms with Gasteiger partial charge in [-0.15, -0.1) is 0 Å². The molecule has 1 unspecified atom stereocenters. The molecule has 1 saturated heterocycles. The van der Waals surface area contributed by atoms with Gasteiger partial charge in [-0.05, 0) is 70.2 Å². The molecule has 1 aromatic rings. The summed E-state index contributed by atoms with van der Waals surface area (Å²) in [5.74, 6) is -1.07. The molecule has 26 heavy (non-hydrogen) atoms. The van der Waals surface area contributed by atoms with Gasteiger partial charge >= 0.3 is 12.1 Å². The van der Waals surface area contributed by atoms with Crippen LogP contribution in [-0.2, 0) is 16.0 Å². The number of alkyl carbamates (subject to hydrolysis) is 1. The van der Waals surface area contributed by atoms with Crippen molar-refractivity contribution >= 4 is 17.7 Å². The first kappa shape index (κ1) is 20.1. The van der Waals surface area contributed by atoms with Gasteiger partial charge in [-0.25, -0.2) is 9.59 Å². The first-order chi connectivity index (χ1) is 12.1. The Kier molecular flexibility index (Phi) is 6.16. The van der Waals surface area contributed by atoms with Crippen LogP contribution in [0.15, 0.2) is 12.1 Å². The zero-order chi connectivity index (χ0) is 19.5. The highest BCUT2D eigenvalue weighted by atomic mass is 16.6. The Hall–Kier alpha value is -2.24. The van der Waals surface area contributed by atoms with Gasteiger partial charge in [0.2, 0.25) is 0 Å². The van der Waals surface area contributed by atoms with Crippen molar-refractivity contribution in [3.63, 3.8) is 0 Å². The van der Waals surface area contributed by atoms with Gasteiger partial charge in [0.15, 0.2) is 0 Å². The highest BCUT2D eigenvalue weighted by molar-refractivity contribution is 5.80. The van der Waals surface area contributed by atoms with Crippen LogP contribution in [0.25, 0.3) is 0 Å². The molecule has 1 amide bonds. The smallest absolute Gasteiger partial charge is 0.408 e. The molecule has 1 heterocycles. The molecular weight excluding hydrogens is 332 g/mol. The van der Waals surface area contributed by atoms with Crippen LogP contribution in [0.1, 0.15) is 50.3 Å². The lowest BCUT2D eigenvalue weighted by Crippen LogP contribution is -2.44. The van der Waals surface area contributed by atoms with E-state index in [9.17, 15) is 14.7 Å². The van der Waals surface area contributed by atoms with Crippen molar-refractivity contribution < 1.29 is 19.4 Å². The molecule has 0 bridgehead atoms. The van der Waals surface area contributed by atoms with E-state index < -0.39 is 23.7 Å². The lowest BCUT2D eigenvalue weighted by molar-refractivity contribution is -0.139. The molecule has 2 rings (SSSR count). The van der Waals surface area contributed by atoms with Gasteiger partial charge in [-0.3, -0.25) is 0 Å². The molecular formula is C20H30N2O4. The summed E-state index contributed by atoms with van der Waals surface area (Å²) in [4.78, 5) is 25.9. The van der Waals surface area contributed by atoms with Gasteiger partial charge in [0.1, 0.15) is 11.6 Å². The molecule has 0 aliphatic carbocycles. The van der Waals surface area contributed by atoms with Gasteiger partial charge in [-0.2, -0.15) is 0 Å². The monoisotopic (exact) mass is 362 g/mol. The normalized spacial score (nSPS) is 15.7. The van der Waals surface area contributed by atoms with Gasteiger partial charge in [-0.1, -0.05) is 6.07 Å². The van der Waals surface area contributed by atoms with Crippen LogP contribution in [0.2, 0.25) is 0 Å². The van der Waals surface area contributed by atoms with Crippen molar-refractivity contribution in [3.05, 3.63) is 28.8 Å². The number of benzene rings is 1. The summed E-state index contributed by atoms with van der Waals surface area (Å²) in [6.45, 7) is 11.4. The number of aryl methyl sites for hydroxylation is 2. The number of hydrogen-bond donors (Lipinski definition) is 2. The molecule has 6 heteroatoms. The summed E-state index contributed by atoms with van der Waals surface area (Å²) < 4.78 is 5.18. The Morgan fingerprint density at radius 2 is 1.81 bits per heavy atom. The molecule has 0 spiro atoms. The van der Waals surface area contributed by atoms with Crippen LogP contribution in [0.4, 0.5) is 10.5 Å². The van der Waals surface area contributed by atoms with Crippen LogP contribution in [0.5, 0.6) is 0 Å². The van der Waals surface area contributed by atoms with Crippen molar-refractivity contribution in [2.24, 2.45) is 0 Å². The minimum Gasteiger partial charge on any atom is -0.480 e. The van der Waals surface area contributed by atoms with Crippen LogP contribution < -0.4 is 10.2 Å². The third-order valence-electron chi connectivity index (χ3n) is 4.51. The van der Waals surface area contributed by atoms with Crippen LogP contribution in [-0.4, -0.2) is 41.9 Å². The molecule has 1 aromatic carbocycles. The van der Waals surface area contributed by atoms with Gasteiger partial charge in [0.25, 0.3) is 0 Å². The van der Waals surface area contributed by atoms with E-state index in [4.69, 9.17) is 4.74 Å². The fourth-order valence-electron chi connectivity index (χ4n) is 3.25. The number of aliphatic carboxylic acids is 1. The van der Waals surface area contributed by atoms with Crippen molar-refractivity contribution in [2.75, 3.05) is 18.0 Å². The predicted octanol–water partition coefficient (Wildman–Crippen LogP) is 3.42. The predicted molar refractivity (Wildman–Crippen MR) is 102 cm³/mol. The average molecular weight is 362 g/mol. The Morgan fingerprint density at radius 3 is 2.35 bits per heavy atom. The maximum atomic E-state index is 11.9. The minimum atomic E-state index is -1.07. The second kappa shape index (κ2) is 7.98. The number of ether oxygens (including phenoxy) is 1. The van der Waals surface area contributed by atoms with E-state index >= 15 is 0 Å². The number of rotatable bonds is 5. The van der Waals surface area contributed by atoms with Crippen molar-refractivity contribution in [1.29, 1.82) is 0 Å². The number of hydrogen-bond acceptors (Lipinski definition) is 4. The fourth-order valence-corrected chi connectivity index (χ4v) is 3.25. The second-order valence-corrected chi connectivity index (χ2v) is 8.00. The standard InChI is InChI=1S/C20H30N2O4/c1-13-11-17(22-8-6-7-9-22)14(2)10-15(13)12-16(18(23)24)21-19(25)26-20(3,4)5/h10-11,16H,6-9,12H2,1-5H3,(H,21,25)(H,23,24). The topological polar surface area (TPSA) is 78.9 Å². The second-order valence-electron chi connectivity index (χ2n) is 8.00. The third kappa shape index (κ3) is 5.38. The van der Waals surface area contributed by atoms with E-state index in [0.717, 1.165) is 29.8 Å². The summed E-state index contributed by atoms with van der Waals surface area (Å²) in [6, 6.07) is 3.14. The zero-order valence-corrected chi connectivity index (χ0v) is 16.4. The molecule has 0 saturated carbocycles. The minimum absolute atomic E-state index is 0.224. The van der Waals surface area contributed by atoms with Crippen LogP contribution in [0, 0.1) is 13.8 Å². The summed E-state index contributed by atoms with van der Waals surface area (Å²) >= 11 is 0. The van der Waals surface area contributed by atoms with Gasteiger partial charge in [0.05, 0.1) is 0 Å². The molecule has 0 aromatic heterocycles. The summed E-state index contributed by atoms with van der Waals surface area (Å²) in [7, 11) is 0. The lowest BCUT2D eigenvalue weighted by Gasteiger charge is -2.24. The van der Waals surface area contributed by atoms with E-state index in [1.807, 2.05) is 19.9 Å². The molecule has 1 fully saturated rings. The highest BCUT2D eigenvalue weighted by Crippen LogP contribution is 2.28. The quantitative estimate of drug-likeness (QED) is 0.839. The average Bonchev–Trinajstić information content (AvgIpc) is 3.01. The number of nitrogens with zero attached hydrogens (tertiary/aromatic N) is 1. The highest BCUT2D eigenvalue weighted by Gasteiger charge is 2.25. The first-order valence-electron chi connectivity index (χ1n) is 9.14. The summed E-state index contributed by atoms with van der Waals surface area (Å²) in [5, 5.41) is 12.0. The Morgan fingerprint density at radius 1 is 1.19 bits per heavy atom. The number of carbonyl (C=O) groups excluding carboxylic acids is 1. The van der Waals surface area contributed by atoms with Crippen molar-refractivity contribution in [2.45, 2.75) is 65.5 Å². The molecule has 0 radical (unpaired) electrons. The van der Waals surface area contributed by atoms with E-state index in [1.54, 1.807) is 20.8 Å². The maximum absolute atomic E-state index is 11.9. The lowest BCUT2D eigenvalue weighted by atomic mass is 9.97. The fraction of sp³-hybridized carbons (Fsp3) is 0.600. The SMILES string of the molecule is Cc1cc(N2CCCC2)c(C)cc1CC(NC(=O)OC(C)(C)C)C(=O)O. The Bertz CT molecular complexity index is 673. The molecule has 1 aliphatic rings. The Balaban J connectivity index is 2.14. The first-order valence-corrected chi connectivity index (χ1v) is 9.14.